The molecule has 0 fully saturated rings. The number of hydrogen-bond donors (Lipinski definition) is 2. The van der Waals surface area contributed by atoms with Crippen LogP contribution in [0.25, 0.3) is 0 Å². The van der Waals surface area contributed by atoms with E-state index in [1.807, 2.05) is 12.1 Å². The number of benzene rings is 2. The van der Waals surface area contributed by atoms with Crippen molar-refractivity contribution in [1.82, 2.24) is 0 Å². The SMILES string of the molecule is N#Cc1ccc(Nc2ccc(NS(=O)(=O)c3cccs3)cc2)cc1. The number of nitrogens with one attached hydrogen (secondary N) is 2. The molecule has 0 radical (unpaired) electrons. The van der Waals surface area contributed by atoms with Gasteiger partial charge in [0.15, 0.2) is 0 Å². The molecule has 5 nitrogen and oxygen atoms in total. The topological polar surface area (TPSA) is 82.0 Å². The van der Waals surface area contributed by atoms with Gasteiger partial charge in [0.05, 0.1) is 11.6 Å². The molecule has 0 amide bonds. The number of nitriles is 1. The van der Waals surface area contributed by atoms with Crippen LogP contribution in [-0.4, -0.2) is 8.42 Å². The molecule has 0 bridgehead atoms. The maximum absolute atomic E-state index is 12.2. The van der Waals surface area contributed by atoms with E-state index in [0.29, 0.717) is 11.3 Å². The van der Waals surface area contributed by atoms with Gasteiger partial charge in [-0.3, -0.25) is 4.72 Å². The molecule has 0 saturated heterocycles. The third-order valence-electron chi connectivity index (χ3n) is 3.20. The molecular weight excluding hydrogens is 342 g/mol. The summed E-state index contributed by atoms with van der Waals surface area (Å²) < 4.78 is 27.1. The molecule has 0 aliphatic heterocycles. The average molecular weight is 355 g/mol. The number of anilines is 3. The van der Waals surface area contributed by atoms with Gasteiger partial charge in [0.25, 0.3) is 10.0 Å². The van der Waals surface area contributed by atoms with E-state index >= 15 is 0 Å². The highest BCUT2D eigenvalue weighted by Gasteiger charge is 2.14. The van der Waals surface area contributed by atoms with E-state index in [1.165, 1.54) is 11.3 Å². The minimum absolute atomic E-state index is 0.280. The molecule has 0 saturated carbocycles. The molecule has 2 N–H and O–H groups in total. The van der Waals surface area contributed by atoms with Gasteiger partial charge in [0, 0.05) is 17.1 Å². The van der Waals surface area contributed by atoms with Gasteiger partial charge in [-0.2, -0.15) is 5.26 Å². The standard InChI is InChI=1S/C17H13N3O2S2/c18-12-13-3-5-14(6-4-13)19-15-7-9-16(10-8-15)20-24(21,22)17-2-1-11-23-17/h1-11,19-20H. The lowest BCUT2D eigenvalue weighted by Crippen LogP contribution is -2.11. The van der Waals surface area contributed by atoms with E-state index in [1.54, 1.807) is 53.9 Å². The predicted molar refractivity (Wildman–Crippen MR) is 96.0 cm³/mol. The van der Waals surface area contributed by atoms with Crippen molar-refractivity contribution in [1.29, 1.82) is 5.26 Å². The summed E-state index contributed by atoms with van der Waals surface area (Å²) >= 11 is 1.17. The molecule has 0 unspecified atom stereocenters. The van der Waals surface area contributed by atoms with Crippen molar-refractivity contribution in [2.75, 3.05) is 10.0 Å². The summed E-state index contributed by atoms with van der Waals surface area (Å²) in [5.41, 5.74) is 2.76. The van der Waals surface area contributed by atoms with E-state index in [2.05, 4.69) is 16.1 Å². The first-order chi connectivity index (χ1) is 11.6. The number of rotatable bonds is 5. The molecule has 120 valence electrons. The summed E-state index contributed by atoms with van der Waals surface area (Å²) in [4.78, 5) is 0. The molecule has 0 atom stereocenters. The Morgan fingerprint density at radius 2 is 1.46 bits per heavy atom. The van der Waals surface area contributed by atoms with Crippen molar-refractivity contribution in [3.8, 4) is 6.07 Å². The van der Waals surface area contributed by atoms with Gasteiger partial charge >= 0.3 is 0 Å². The highest BCUT2D eigenvalue weighted by Crippen LogP contribution is 2.23. The molecule has 2 aromatic carbocycles. The summed E-state index contributed by atoms with van der Waals surface area (Å²) in [5, 5.41) is 13.7. The van der Waals surface area contributed by atoms with Gasteiger partial charge in [0.2, 0.25) is 0 Å². The van der Waals surface area contributed by atoms with E-state index in [0.717, 1.165) is 11.4 Å². The second-order valence-corrected chi connectivity index (χ2v) is 7.79. The van der Waals surface area contributed by atoms with Gasteiger partial charge in [-0.05, 0) is 60.0 Å². The van der Waals surface area contributed by atoms with Crippen LogP contribution < -0.4 is 10.0 Å². The van der Waals surface area contributed by atoms with Crippen molar-refractivity contribution < 1.29 is 8.42 Å². The van der Waals surface area contributed by atoms with Gasteiger partial charge < -0.3 is 5.32 Å². The molecule has 24 heavy (non-hydrogen) atoms. The Bertz CT molecular complexity index is 956. The summed E-state index contributed by atoms with van der Waals surface area (Å²) in [6.07, 6.45) is 0. The van der Waals surface area contributed by atoms with Gasteiger partial charge in [-0.25, -0.2) is 8.42 Å². The smallest absolute Gasteiger partial charge is 0.271 e. The quantitative estimate of drug-likeness (QED) is 0.720. The van der Waals surface area contributed by atoms with Gasteiger partial charge in [-0.15, -0.1) is 11.3 Å². The molecular formula is C17H13N3O2S2. The lowest BCUT2D eigenvalue weighted by atomic mass is 10.2. The molecule has 0 spiro atoms. The second-order valence-electron chi connectivity index (χ2n) is 4.93. The highest BCUT2D eigenvalue weighted by atomic mass is 32.2. The lowest BCUT2D eigenvalue weighted by Gasteiger charge is -2.09. The third-order valence-corrected chi connectivity index (χ3v) is 5.98. The Kier molecular flexibility index (Phi) is 4.51. The molecule has 0 aliphatic carbocycles. The molecule has 1 heterocycles. The fourth-order valence-electron chi connectivity index (χ4n) is 2.04. The number of nitrogens with zero attached hydrogens (tertiary/aromatic N) is 1. The van der Waals surface area contributed by atoms with Crippen molar-refractivity contribution in [2.24, 2.45) is 0 Å². The Morgan fingerprint density at radius 1 is 0.875 bits per heavy atom. The molecule has 7 heteroatoms. The largest absolute Gasteiger partial charge is 0.356 e. The summed E-state index contributed by atoms with van der Waals surface area (Å²) in [6.45, 7) is 0. The summed E-state index contributed by atoms with van der Waals surface area (Å²) in [5.74, 6) is 0. The molecule has 3 aromatic rings. The fraction of sp³-hybridized carbons (Fsp3) is 0. The number of hydrogen-bond acceptors (Lipinski definition) is 5. The Morgan fingerprint density at radius 3 is 2.00 bits per heavy atom. The summed E-state index contributed by atoms with van der Waals surface area (Å²) in [6, 6.07) is 19.4. The summed E-state index contributed by atoms with van der Waals surface area (Å²) in [7, 11) is -3.53. The van der Waals surface area contributed by atoms with Crippen LogP contribution in [0.15, 0.2) is 70.3 Å². The fourth-order valence-corrected chi connectivity index (χ4v) is 4.09. The first-order valence-corrected chi connectivity index (χ1v) is 9.37. The zero-order chi connectivity index (χ0) is 17.0. The van der Waals surface area contributed by atoms with Crippen LogP contribution in [0.3, 0.4) is 0 Å². The van der Waals surface area contributed by atoms with Crippen molar-refractivity contribution in [3.05, 3.63) is 71.6 Å². The monoisotopic (exact) mass is 355 g/mol. The maximum Gasteiger partial charge on any atom is 0.271 e. The number of sulfonamides is 1. The van der Waals surface area contributed by atoms with E-state index in [-0.39, 0.29) is 4.21 Å². The molecule has 0 aliphatic rings. The van der Waals surface area contributed by atoms with Crippen LogP contribution in [0.2, 0.25) is 0 Å². The van der Waals surface area contributed by atoms with E-state index in [9.17, 15) is 8.42 Å². The Hall–Kier alpha value is -2.82. The van der Waals surface area contributed by atoms with Crippen LogP contribution >= 0.6 is 11.3 Å². The Labute approximate surface area is 144 Å². The van der Waals surface area contributed by atoms with Gasteiger partial charge in [0.1, 0.15) is 4.21 Å². The highest BCUT2D eigenvalue weighted by molar-refractivity contribution is 7.94. The minimum Gasteiger partial charge on any atom is -0.356 e. The van der Waals surface area contributed by atoms with Crippen LogP contribution in [0.4, 0.5) is 17.1 Å². The zero-order valence-corrected chi connectivity index (χ0v) is 14.1. The molecule has 1 aromatic heterocycles. The van der Waals surface area contributed by atoms with Crippen LogP contribution in [0.1, 0.15) is 5.56 Å². The second kappa shape index (κ2) is 6.74. The van der Waals surface area contributed by atoms with Crippen LogP contribution in [0.5, 0.6) is 0 Å². The minimum atomic E-state index is -3.53. The van der Waals surface area contributed by atoms with Crippen molar-refractivity contribution in [2.45, 2.75) is 4.21 Å². The first kappa shape index (κ1) is 16.1. The molecule has 3 rings (SSSR count). The Balaban J connectivity index is 1.70. The normalized spacial score (nSPS) is 10.8. The zero-order valence-electron chi connectivity index (χ0n) is 12.4. The van der Waals surface area contributed by atoms with Crippen molar-refractivity contribution >= 4 is 38.4 Å². The van der Waals surface area contributed by atoms with Crippen LogP contribution in [-0.2, 0) is 10.0 Å². The maximum atomic E-state index is 12.2. The third kappa shape index (κ3) is 3.74. The van der Waals surface area contributed by atoms with E-state index in [4.69, 9.17) is 5.26 Å². The van der Waals surface area contributed by atoms with Crippen LogP contribution in [0, 0.1) is 11.3 Å². The first-order valence-electron chi connectivity index (χ1n) is 7.00. The van der Waals surface area contributed by atoms with E-state index < -0.39 is 10.0 Å². The van der Waals surface area contributed by atoms with Gasteiger partial charge in [-0.1, -0.05) is 6.07 Å². The predicted octanol–water partition coefficient (Wildman–Crippen LogP) is 4.16. The van der Waals surface area contributed by atoms with Crippen molar-refractivity contribution in [3.63, 3.8) is 0 Å². The average Bonchev–Trinajstić information content (AvgIpc) is 3.13. The lowest BCUT2D eigenvalue weighted by molar-refractivity contribution is 0.603. The number of thiophene rings is 1.